The molecule has 0 bridgehead atoms. The van der Waals surface area contributed by atoms with E-state index in [1.54, 1.807) is 0 Å². The molecule has 6 nitrogen and oxygen atoms in total. The molecule has 1 N–H and O–H groups in total. The average molecular weight is 290 g/mol. The molecule has 1 heterocycles. The first-order chi connectivity index (χ1) is 9.91. The Bertz CT molecular complexity index is 556. The van der Waals surface area contributed by atoms with Crippen LogP contribution in [0, 0.1) is 5.92 Å². The van der Waals surface area contributed by atoms with Gasteiger partial charge >= 0.3 is 17.8 Å². The Morgan fingerprint density at radius 1 is 1.14 bits per heavy atom. The Balaban J connectivity index is 2.22. The molecular weight excluding hydrogens is 272 g/mol. The van der Waals surface area contributed by atoms with E-state index in [1.165, 1.54) is 23.9 Å². The lowest BCUT2D eigenvalue weighted by atomic mass is 9.89. The fourth-order valence-corrected chi connectivity index (χ4v) is 2.58. The van der Waals surface area contributed by atoms with Gasteiger partial charge in [-0.3, -0.25) is 14.4 Å². The van der Waals surface area contributed by atoms with Gasteiger partial charge in [0, 0.05) is 33.1 Å². The predicted octanol–water partition coefficient (Wildman–Crippen LogP) is 0.401. The van der Waals surface area contributed by atoms with Crippen LogP contribution in [0.2, 0.25) is 0 Å². The maximum Gasteiger partial charge on any atom is 0.312 e. The molecule has 21 heavy (non-hydrogen) atoms. The van der Waals surface area contributed by atoms with Crippen molar-refractivity contribution in [3.63, 3.8) is 0 Å². The van der Waals surface area contributed by atoms with Gasteiger partial charge in [0.1, 0.15) is 0 Å². The first-order valence-electron chi connectivity index (χ1n) is 6.70. The van der Waals surface area contributed by atoms with Crippen molar-refractivity contribution in [1.29, 1.82) is 0 Å². The van der Waals surface area contributed by atoms with Crippen LogP contribution >= 0.6 is 0 Å². The van der Waals surface area contributed by atoms with Crippen LogP contribution in [0.15, 0.2) is 30.3 Å². The molecule has 0 aromatic heterocycles. The number of carbonyl (C=O) groups is 3. The van der Waals surface area contributed by atoms with Crippen LogP contribution in [0.3, 0.4) is 0 Å². The van der Waals surface area contributed by atoms with Gasteiger partial charge in [0.2, 0.25) is 0 Å². The topological polar surface area (TPSA) is 77.9 Å². The maximum absolute atomic E-state index is 12.1. The number of aliphatic carboxylic acids is 1. The first kappa shape index (κ1) is 15.0. The molecule has 1 aromatic carbocycles. The number of nitrogens with zero attached hydrogens (tertiary/aromatic N) is 2. The lowest BCUT2D eigenvalue weighted by Crippen LogP contribution is -2.41. The van der Waals surface area contributed by atoms with Crippen molar-refractivity contribution in [3.05, 3.63) is 35.9 Å². The monoisotopic (exact) mass is 290 g/mol. The van der Waals surface area contributed by atoms with Gasteiger partial charge in [-0.2, -0.15) is 0 Å². The zero-order valence-corrected chi connectivity index (χ0v) is 12.0. The minimum atomic E-state index is -0.948. The van der Waals surface area contributed by atoms with E-state index in [4.69, 9.17) is 0 Å². The Hall–Kier alpha value is -2.37. The van der Waals surface area contributed by atoms with Crippen molar-refractivity contribution < 1.29 is 19.5 Å². The summed E-state index contributed by atoms with van der Waals surface area (Å²) in [4.78, 5) is 37.8. The fraction of sp³-hybridized carbons (Fsp3) is 0.400. The molecule has 2 rings (SSSR count). The normalized spacial score (nSPS) is 21.1. The van der Waals surface area contributed by atoms with E-state index in [0.29, 0.717) is 0 Å². The zero-order valence-electron chi connectivity index (χ0n) is 12.0. The zero-order chi connectivity index (χ0) is 15.6. The predicted molar refractivity (Wildman–Crippen MR) is 75.6 cm³/mol. The molecule has 0 saturated carbocycles. The summed E-state index contributed by atoms with van der Waals surface area (Å²) in [5.74, 6) is -3.21. The first-order valence-corrected chi connectivity index (χ1v) is 6.70. The summed E-state index contributed by atoms with van der Waals surface area (Å²) in [6, 6.07) is 9.23. The molecule has 1 fully saturated rings. The summed E-state index contributed by atoms with van der Waals surface area (Å²) in [5.41, 5.74) is 0.873. The van der Waals surface area contributed by atoms with Crippen LogP contribution in [0.25, 0.3) is 0 Å². The van der Waals surface area contributed by atoms with Crippen molar-refractivity contribution in [3.8, 4) is 0 Å². The number of carboxylic acid groups (broad SMARTS) is 1. The molecule has 6 heteroatoms. The molecule has 0 spiro atoms. The molecule has 112 valence electrons. The lowest BCUT2D eigenvalue weighted by Gasteiger charge is -2.18. The molecule has 1 saturated heterocycles. The number of carboxylic acids is 1. The highest BCUT2D eigenvalue weighted by molar-refractivity contribution is 6.34. The third-order valence-electron chi connectivity index (χ3n) is 3.74. The summed E-state index contributed by atoms with van der Waals surface area (Å²) >= 11 is 0. The van der Waals surface area contributed by atoms with Crippen LogP contribution in [-0.4, -0.2) is 59.9 Å². The van der Waals surface area contributed by atoms with Crippen LogP contribution in [-0.2, 0) is 14.4 Å². The number of likely N-dealkylation sites (N-methyl/N-ethyl adjacent to an activating group) is 1. The lowest BCUT2D eigenvalue weighted by molar-refractivity contribution is -0.150. The fourth-order valence-electron chi connectivity index (χ4n) is 2.58. The smallest absolute Gasteiger partial charge is 0.312 e. The molecular formula is C15H18N2O4. The Morgan fingerprint density at radius 3 is 2.29 bits per heavy atom. The van der Waals surface area contributed by atoms with E-state index in [0.717, 1.165) is 5.56 Å². The van der Waals surface area contributed by atoms with Crippen LogP contribution in [0.5, 0.6) is 0 Å². The number of likely N-dealkylation sites (tertiary alicyclic amines) is 1. The summed E-state index contributed by atoms with van der Waals surface area (Å²) in [6.45, 7) is 0.312. The SMILES string of the molecule is CN(C)C(=O)C(=O)N1C[C@H](C(=O)O)[C@@H](c2ccccc2)C1. The van der Waals surface area contributed by atoms with E-state index >= 15 is 0 Å². The number of rotatable bonds is 2. The molecule has 0 radical (unpaired) electrons. The molecule has 0 unspecified atom stereocenters. The van der Waals surface area contributed by atoms with Gasteiger partial charge in [0.25, 0.3) is 0 Å². The Morgan fingerprint density at radius 2 is 1.76 bits per heavy atom. The van der Waals surface area contributed by atoms with Crippen LogP contribution in [0.4, 0.5) is 0 Å². The Labute approximate surface area is 123 Å². The van der Waals surface area contributed by atoms with Crippen molar-refractivity contribution in [2.24, 2.45) is 5.92 Å². The summed E-state index contributed by atoms with van der Waals surface area (Å²) in [5, 5.41) is 9.36. The third-order valence-corrected chi connectivity index (χ3v) is 3.74. The second kappa shape index (κ2) is 5.95. The number of hydrogen-bond acceptors (Lipinski definition) is 3. The molecule has 1 aliphatic rings. The van der Waals surface area contributed by atoms with E-state index in [-0.39, 0.29) is 19.0 Å². The van der Waals surface area contributed by atoms with Crippen molar-refractivity contribution in [2.45, 2.75) is 5.92 Å². The van der Waals surface area contributed by atoms with Gasteiger partial charge in [-0.25, -0.2) is 0 Å². The third kappa shape index (κ3) is 3.04. The Kier molecular flexibility index (Phi) is 4.26. The molecule has 2 atom stereocenters. The van der Waals surface area contributed by atoms with E-state index in [2.05, 4.69) is 0 Å². The van der Waals surface area contributed by atoms with Gasteiger partial charge in [-0.05, 0) is 5.56 Å². The highest BCUT2D eigenvalue weighted by Gasteiger charge is 2.42. The average Bonchev–Trinajstić information content (AvgIpc) is 2.91. The van der Waals surface area contributed by atoms with Gasteiger partial charge in [0.15, 0.2) is 0 Å². The van der Waals surface area contributed by atoms with Gasteiger partial charge < -0.3 is 14.9 Å². The number of carbonyl (C=O) groups excluding carboxylic acids is 2. The maximum atomic E-state index is 12.1. The summed E-state index contributed by atoms with van der Waals surface area (Å²) in [7, 11) is 3.00. The van der Waals surface area contributed by atoms with Gasteiger partial charge in [0.05, 0.1) is 5.92 Å². The summed E-state index contributed by atoms with van der Waals surface area (Å²) in [6.07, 6.45) is 0. The second-order valence-electron chi connectivity index (χ2n) is 5.37. The number of benzene rings is 1. The highest BCUT2D eigenvalue weighted by atomic mass is 16.4. The second-order valence-corrected chi connectivity index (χ2v) is 5.37. The summed E-state index contributed by atoms with van der Waals surface area (Å²) < 4.78 is 0. The van der Waals surface area contributed by atoms with Crippen LogP contribution in [0.1, 0.15) is 11.5 Å². The highest BCUT2D eigenvalue weighted by Crippen LogP contribution is 2.32. The molecule has 1 aliphatic heterocycles. The molecule has 0 aliphatic carbocycles. The number of hydrogen-bond donors (Lipinski definition) is 1. The minimum Gasteiger partial charge on any atom is -0.481 e. The van der Waals surface area contributed by atoms with Crippen molar-refractivity contribution in [2.75, 3.05) is 27.2 Å². The van der Waals surface area contributed by atoms with E-state index < -0.39 is 23.7 Å². The van der Waals surface area contributed by atoms with E-state index in [9.17, 15) is 19.5 Å². The van der Waals surface area contributed by atoms with Crippen molar-refractivity contribution >= 4 is 17.8 Å². The molecule has 2 amide bonds. The largest absolute Gasteiger partial charge is 0.481 e. The minimum absolute atomic E-state index is 0.0628. The standard InChI is InChI=1S/C15H18N2O4/c1-16(2)13(18)14(19)17-8-11(12(9-17)15(20)21)10-6-4-3-5-7-10/h3-7,11-12H,8-9H2,1-2H3,(H,20,21)/t11-,12+/m1/s1. The van der Waals surface area contributed by atoms with E-state index in [1.807, 2.05) is 30.3 Å². The van der Waals surface area contributed by atoms with Gasteiger partial charge in [-0.1, -0.05) is 30.3 Å². The quantitative estimate of drug-likeness (QED) is 0.800. The van der Waals surface area contributed by atoms with Crippen LogP contribution < -0.4 is 0 Å². The molecule has 1 aromatic rings. The van der Waals surface area contributed by atoms with Crippen molar-refractivity contribution in [1.82, 2.24) is 9.80 Å². The number of amides is 2. The van der Waals surface area contributed by atoms with Gasteiger partial charge in [-0.15, -0.1) is 0 Å².